The Labute approximate surface area is 230 Å². The van der Waals surface area contributed by atoms with Crippen molar-refractivity contribution in [2.75, 3.05) is 18.4 Å². The van der Waals surface area contributed by atoms with Gasteiger partial charge >= 0.3 is 0 Å². The van der Waals surface area contributed by atoms with Gasteiger partial charge < -0.3 is 25.1 Å². The number of rotatable bonds is 9. The van der Waals surface area contributed by atoms with Crippen molar-refractivity contribution < 1.29 is 9.59 Å². The summed E-state index contributed by atoms with van der Waals surface area (Å²) in [6, 6.07) is 15.5. The molecule has 0 atom stereocenters. The fraction of sp³-hybridized carbons (Fsp3) is 0.310. The van der Waals surface area contributed by atoms with Crippen LogP contribution in [0.4, 0.5) is 5.82 Å². The van der Waals surface area contributed by atoms with Crippen LogP contribution in [-0.2, 0) is 17.9 Å². The number of hydrogen-bond donors (Lipinski definition) is 3. The minimum Gasteiger partial charge on any atom is -0.361 e. The van der Waals surface area contributed by atoms with Gasteiger partial charge in [-0.05, 0) is 43.5 Å². The van der Waals surface area contributed by atoms with Crippen molar-refractivity contribution in [2.45, 2.75) is 44.8 Å². The first kappa shape index (κ1) is 24.3. The Morgan fingerprint density at radius 2 is 1.88 bits per heavy atom. The second-order valence-corrected chi connectivity index (χ2v) is 10.4. The van der Waals surface area contributed by atoms with Crippen LogP contribution in [0.5, 0.6) is 0 Å². The summed E-state index contributed by atoms with van der Waals surface area (Å²) in [6.07, 6.45) is 5.35. The number of nitrogens with zero attached hydrogens (tertiary/aromatic N) is 6. The molecule has 2 amide bonds. The lowest BCUT2D eigenvalue weighted by molar-refractivity contribution is -0.127. The number of para-hydroxylation sites is 2. The standard InChI is InChI=1S/C29H29N9O2/c39-24-6-3-13-37(24)14-15-38-17-31-25-27(30-16-23-33-21-4-1-2-5-22(21)34-23)35-26(36-28(25)38)18-7-9-19(10-8-18)29(40)32-20-11-12-20/h1-2,4-5,7-10,17,20H,3,6,11-16H2,(H,32,40)(H,33,34)(H,30,35,36). The van der Waals surface area contributed by atoms with Crippen molar-refractivity contribution in [3.05, 3.63) is 66.2 Å². The number of carbonyl (C=O) groups is 2. The molecule has 40 heavy (non-hydrogen) atoms. The molecule has 3 aromatic heterocycles. The van der Waals surface area contributed by atoms with Crippen molar-refractivity contribution in [1.29, 1.82) is 0 Å². The molecule has 202 valence electrons. The predicted octanol–water partition coefficient (Wildman–Crippen LogP) is 3.50. The van der Waals surface area contributed by atoms with E-state index >= 15 is 0 Å². The highest BCUT2D eigenvalue weighted by Gasteiger charge is 2.24. The van der Waals surface area contributed by atoms with Gasteiger partial charge in [-0.15, -0.1) is 0 Å². The summed E-state index contributed by atoms with van der Waals surface area (Å²) >= 11 is 0. The Kier molecular flexibility index (Phi) is 6.10. The van der Waals surface area contributed by atoms with E-state index in [2.05, 4.69) is 25.6 Å². The van der Waals surface area contributed by atoms with Gasteiger partial charge in [-0.3, -0.25) is 9.59 Å². The van der Waals surface area contributed by atoms with Gasteiger partial charge in [0.2, 0.25) is 5.91 Å². The van der Waals surface area contributed by atoms with Gasteiger partial charge in [0.1, 0.15) is 11.3 Å². The lowest BCUT2D eigenvalue weighted by Gasteiger charge is -2.16. The highest BCUT2D eigenvalue weighted by Crippen LogP contribution is 2.26. The molecule has 7 rings (SSSR count). The largest absolute Gasteiger partial charge is 0.361 e. The number of benzene rings is 2. The number of aromatic amines is 1. The van der Waals surface area contributed by atoms with Crippen molar-refractivity contribution in [2.24, 2.45) is 0 Å². The first-order valence-electron chi connectivity index (χ1n) is 13.7. The monoisotopic (exact) mass is 535 g/mol. The number of H-pyrrole nitrogens is 1. The maximum Gasteiger partial charge on any atom is 0.251 e. The molecule has 11 heteroatoms. The molecule has 2 aromatic carbocycles. The molecule has 11 nitrogen and oxygen atoms in total. The Morgan fingerprint density at radius 1 is 1.02 bits per heavy atom. The zero-order valence-corrected chi connectivity index (χ0v) is 21.9. The fourth-order valence-electron chi connectivity index (χ4n) is 5.05. The number of imidazole rings is 2. The van der Waals surface area contributed by atoms with Gasteiger partial charge in [0.25, 0.3) is 5.91 Å². The van der Waals surface area contributed by atoms with Gasteiger partial charge in [0, 0.05) is 43.2 Å². The van der Waals surface area contributed by atoms with Crippen LogP contribution in [-0.4, -0.2) is 65.3 Å². The minimum atomic E-state index is -0.0619. The van der Waals surface area contributed by atoms with E-state index in [1.165, 1.54) is 0 Å². The molecule has 1 saturated carbocycles. The van der Waals surface area contributed by atoms with E-state index in [0.717, 1.165) is 48.2 Å². The summed E-state index contributed by atoms with van der Waals surface area (Å²) in [5.41, 5.74) is 4.60. The maximum absolute atomic E-state index is 12.5. The molecule has 4 heterocycles. The first-order chi connectivity index (χ1) is 19.6. The summed E-state index contributed by atoms with van der Waals surface area (Å²) in [6.45, 7) is 2.41. The smallest absolute Gasteiger partial charge is 0.251 e. The first-order valence-corrected chi connectivity index (χ1v) is 13.7. The van der Waals surface area contributed by atoms with Gasteiger partial charge in [0.05, 0.1) is 23.9 Å². The molecule has 0 radical (unpaired) electrons. The summed E-state index contributed by atoms with van der Waals surface area (Å²) in [4.78, 5) is 48.8. The highest BCUT2D eigenvalue weighted by molar-refractivity contribution is 5.95. The van der Waals surface area contributed by atoms with Crippen LogP contribution in [0.2, 0.25) is 0 Å². The van der Waals surface area contributed by atoms with E-state index in [1.807, 2.05) is 45.9 Å². The Bertz CT molecular complexity index is 1690. The molecule has 3 N–H and O–H groups in total. The molecule has 5 aromatic rings. The van der Waals surface area contributed by atoms with Crippen LogP contribution in [0.3, 0.4) is 0 Å². The number of aromatic nitrogens is 6. The molecule has 1 saturated heterocycles. The Hall–Kier alpha value is -4.80. The summed E-state index contributed by atoms with van der Waals surface area (Å²) in [5, 5.41) is 6.42. The number of amides is 2. The van der Waals surface area contributed by atoms with Crippen LogP contribution in [0, 0.1) is 0 Å². The molecule has 1 aliphatic carbocycles. The van der Waals surface area contributed by atoms with Gasteiger partial charge in [-0.1, -0.05) is 24.3 Å². The maximum atomic E-state index is 12.5. The topological polar surface area (TPSA) is 134 Å². The number of nitrogens with one attached hydrogen (secondary N) is 3. The third-order valence-corrected chi connectivity index (χ3v) is 7.43. The summed E-state index contributed by atoms with van der Waals surface area (Å²) in [5.74, 6) is 2.03. The number of anilines is 1. The molecule has 0 unspecified atom stereocenters. The van der Waals surface area contributed by atoms with Crippen LogP contribution < -0.4 is 10.6 Å². The van der Waals surface area contributed by atoms with Gasteiger partial charge in [-0.2, -0.15) is 0 Å². The predicted molar refractivity (Wildman–Crippen MR) is 150 cm³/mol. The SMILES string of the molecule is O=C(NC1CC1)c1ccc(-c2nc(NCc3nc4ccccc4[nH]3)c3ncn(CCN4CCCC4=O)c3n2)cc1. The van der Waals surface area contributed by atoms with Crippen LogP contribution in [0.15, 0.2) is 54.9 Å². The second-order valence-electron chi connectivity index (χ2n) is 10.4. The second kappa shape index (κ2) is 10.1. The van der Waals surface area contributed by atoms with E-state index in [-0.39, 0.29) is 11.8 Å². The van der Waals surface area contributed by atoms with Crippen molar-refractivity contribution >= 4 is 39.8 Å². The molecular formula is C29H29N9O2. The van der Waals surface area contributed by atoms with Gasteiger partial charge in [0.15, 0.2) is 17.3 Å². The minimum absolute atomic E-state index is 0.0619. The normalized spacial score (nSPS) is 15.3. The van der Waals surface area contributed by atoms with Crippen molar-refractivity contribution in [3.8, 4) is 11.4 Å². The zero-order valence-electron chi connectivity index (χ0n) is 21.9. The molecular weight excluding hydrogens is 506 g/mol. The van der Waals surface area contributed by atoms with E-state index in [1.54, 1.807) is 18.5 Å². The zero-order chi connectivity index (χ0) is 27.1. The third kappa shape index (κ3) is 4.86. The molecule has 2 fully saturated rings. The quantitative estimate of drug-likeness (QED) is 0.263. The molecule has 0 bridgehead atoms. The summed E-state index contributed by atoms with van der Waals surface area (Å²) in [7, 11) is 0. The fourth-order valence-corrected chi connectivity index (χ4v) is 5.05. The van der Waals surface area contributed by atoms with E-state index in [4.69, 9.17) is 9.97 Å². The number of likely N-dealkylation sites (tertiary alicyclic amines) is 1. The lowest BCUT2D eigenvalue weighted by atomic mass is 10.1. The highest BCUT2D eigenvalue weighted by atomic mass is 16.2. The van der Waals surface area contributed by atoms with E-state index in [9.17, 15) is 9.59 Å². The average molecular weight is 536 g/mol. The van der Waals surface area contributed by atoms with Crippen molar-refractivity contribution in [1.82, 2.24) is 39.7 Å². The summed E-state index contributed by atoms with van der Waals surface area (Å²) < 4.78 is 1.97. The lowest BCUT2D eigenvalue weighted by Crippen LogP contribution is -2.28. The molecule has 1 aliphatic heterocycles. The average Bonchev–Trinajstić information content (AvgIpc) is 3.34. The number of fused-ring (bicyclic) bond motifs is 2. The van der Waals surface area contributed by atoms with Crippen LogP contribution >= 0.6 is 0 Å². The van der Waals surface area contributed by atoms with E-state index < -0.39 is 0 Å². The van der Waals surface area contributed by atoms with E-state index in [0.29, 0.717) is 60.5 Å². The van der Waals surface area contributed by atoms with Crippen LogP contribution in [0.1, 0.15) is 41.9 Å². The molecule has 2 aliphatic rings. The van der Waals surface area contributed by atoms with Crippen molar-refractivity contribution in [3.63, 3.8) is 0 Å². The van der Waals surface area contributed by atoms with Gasteiger partial charge in [-0.25, -0.2) is 19.9 Å². The third-order valence-electron chi connectivity index (χ3n) is 7.43. The van der Waals surface area contributed by atoms with Crippen LogP contribution in [0.25, 0.3) is 33.6 Å². The number of hydrogen-bond acceptors (Lipinski definition) is 7. The Morgan fingerprint density at radius 3 is 2.65 bits per heavy atom. The molecule has 0 spiro atoms. The Balaban J connectivity index is 1.20. The number of carbonyl (C=O) groups excluding carboxylic acids is 2.